The molecule has 0 aliphatic carbocycles. The largest absolute Gasteiger partial charge is 0.325 e. The summed E-state index contributed by atoms with van der Waals surface area (Å²) in [5, 5.41) is 0. The molecule has 0 aromatic carbocycles. The monoisotopic (exact) mass is 187 g/mol. The van der Waals surface area contributed by atoms with E-state index < -0.39 is 7.60 Å². The zero-order valence-electron chi connectivity index (χ0n) is 6.42. The molecule has 0 radical (unpaired) electrons. The van der Waals surface area contributed by atoms with Crippen LogP contribution in [0, 0.1) is 0 Å². The Morgan fingerprint density at radius 3 is 2.67 bits per heavy atom. The molecule has 0 aliphatic rings. The van der Waals surface area contributed by atoms with Crippen molar-refractivity contribution in [3.05, 3.63) is 30.1 Å². The molecule has 0 spiro atoms. The van der Waals surface area contributed by atoms with Crippen molar-refractivity contribution in [3.63, 3.8) is 0 Å². The molecule has 0 saturated heterocycles. The molecule has 0 atom stereocenters. The lowest BCUT2D eigenvalue weighted by molar-refractivity contribution is 0.373. The normalized spacial score (nSPS) is 11.5. The van der Waals surface area contributed by atoms with Gasteiger partial charge < -0.3 is 9.79 Å². The molecule has 5 heteroatoms. The fraction of sp³-hybridized carbons (Fsp3) is 0.286. The number of rotatable bonds is 3. The minimum Gasteiger partial charge on any atom is -0.324 e. The summed E-state index contributed by atoms with van der Waals surface area (Å²) in [4.78, 5) is 21.1. The Labute approximate surface area is 70.4 Å². The van der Waals surface area contributed by atoms with Gasteiger partial charge >= 0.3 is 7.60 Å². The maximum absolute atomic E-state index is 10.5. The van der Waals surface area contributed by atoms with E-state index in [2.05, 4.69) is 4.98 Å². The Bertz CT molecular complexity index is 282. The van der Waals surface area contributed by atoms with Crippen LogP contribution in [0.15, 0.2) is 24.4 Å². The van der Waals surface area contributed by atoms with Crippen molar-refractivity contribution in [2.24, 2.45) is 0 Å². The summed E-state index contributed by atoms with van der Waals surface area (Å²) in [6, 6.07) is 5.30. The van der Waals surface area contributed by atoms with Crippen molar-refractivity contribution in [1.29, 1.82) is 0 Å². The number of aryl methyl sites for hydroxylation is 1. The Kier molecular flexibility index (Phi) is 2.98. The minimum absolute atomic E-state index is 0.135. The van der Waals surface area contributed by atoms with Gasteiger partial charge in [-0.3, -0.25) is 9.55 Å². The summed E-state index contributed by atoms with van der Waals surface area (Å²) in [7, 11) is -3.87. The third kappa shape index (κ3) is 3.62. The molecular weight excluding hydrogens is 177 g/mol. The van der Waals surface area contributed by atoms with Crippen molar-refractivity contribution in [3.8, 4) is 0 Å². The Hall–Kier alpha value is -0.700. The second kappa shape index (κ2) is 3.81. The predicted molar refractivity (Wildman–Crippen MR) is 44.9 cm³/mol. The van der Waals surface area contributed by atoms with Crippen LogP contribution in [0.3, 0.4) is 0 Å². The summed E-state index contributed by atoms with van der Waals surface area (Å²) >= 11 is 0. The second-order valence-electron chi connectivity index (χ2n) is 2.46. The van der Waals surface area contributed by atoms with E-state index in [1.165, 1.54) is 0 Å². The predicted octanol–water partition coefficient (Wildman–Crippen LogP) is 0.802. The summed E-state index contributed by atoms with van der Waals surface area (Å²) in [6.07, 6.45) is 1.80. The van der Waals surface area contributed by atoms with Gasteiger partial charge in [0.25, 0.3) is 0 Å². The molecule has 0 unspecified atom stereocenters. The van der Waals surface area contributed by atoms with E-state index in [9.17, 15) is 4.57 Å². The molecule has 0 aliphatic heterocycles. The lowest BCUT2D eigenvalue weighted by Crippen LogP contribution is -1.95. The third-order valence-electron chi connectivity index (χ3n) is 1.39. The van der Waals surface area contributed by atoms with Crippen LogP contribution in [-0.2, 0) is 11.0 Å². The van der Waals surface area contributed by atoms with Gasteiger partial charge in [-0.05, 0) is 12.1 Å². The molecule has 4 nitrogen and oxygen atoms in total. The first-order chi connectivity index (χ1) is 5.58. The second-order valence-corrected chi connectivity index (χ2v) is 4.24. The van der Waals surface area contributed by atoms with Gasteiger partial charge in [0.1, 0.15) is 0 Å². The first-order valence-corrected chi connectivity index (χ1v) is 5.32. The molecule has 0 saturated carbocycles. The quantitative estimate of drug-likeness (QED) is 0.686. The van der Waals surface area contributed by atoms with Gasteiger partial charge in [-0.1, -0.05) is 6.07 Å². The average molecular weight is 187 g/mol. The standard InChI is InChI=1S/C7H10NO3P/c9-12(10,11)6-4-7-3-1-2-5-8-7/h1-3,5H,4,6H2,(H2,9,10,11). The Balaban J connectivity index is 2.50. The van der Waals surface area contributed by atoms with Gasteiger partial charge in [-0.25, -0.2) is 0 Å². The third-order valence-corrected chi connectivity index (χ3v) is 2.19. The van der Waals surface area contributed by atoms with Gasteiger partial charge in [0.15, 0.2) is 0 Å². The number of pyridine rings is 1. The van der Waals surface area contributed by atoms with Crippen molar-refractivity contribution < 1.29 is 14.4 Å². The van der Waals surface area contributed by atoms with E-state index >= 15 is 0 Å². The summed E-state index contributed by atoms with van der Waals surface area (Å²) in [5.41, 5.74) is 0.709. The fourth-order valence-corrected chi connectivity index (χ4v) is 1.33. The van der Waals surface area contributed by atoms with Gasteiger partial charge in [-0.15, -0.1) is 0 Å². The van der Waals surface area contributed by atoms with E-state index in [4.69, 9.17) is 9.79 Å². The smallest absolute Gasteiger partial charge is 0.324 e. The van der Waals surface area contributed by atoms with Crippen molar-refractivity contribution >= 4 is 7.60 Å². The number of nitrogens with zero attached hydrogens (tertiary/aromatic N) is 1. The zero-order valence-corrected chi connectivity index (χ0v) is 7.32. The molecule has 66 valence electrons. The SMILES string of the molecule is O=P(O)(O)CCc1ccccn1. The zero-order chi connectivity index (χ0) is 9.03. The van der Waals surface area contributed by atoms with Crippen LogP contribution in [0.5, 0.6) is 0 Å². The first-order valence-electron chi connectivity index (χ1n) is 3.52. The van der Waals surface area contributed by atoms with Crippen LogP contribution >= 0.6 is 7.60 Å². The highest BCUT2D eigenvalue weighted by Gasteiger charge is 2.12. The van der Waals surface area contributed by atoms with E-state index in [-0.39, 0.29) is 6.16 Å². The summed E-state index contributed by atoms with van der Waals surface area (Å²) in [6.45, 7) is 0. The highest BCUT2D eigenvalue weighted by molar-refractivity contribution is 7.51. The first kappa shape index (κ1) is 9.39. The van der Waals surface area contributed by atoms with E-state index in [1.807, 2.05) is 0 Å². The lowest BCUT2D eigenvalue weighted by atomic mass is 10.3. The molecular formula is C7H10NO3P. The topological polar surface area (TPSA) is 70.4 Å². The van der Waals surface area contributed by atoms with Crippen molar-refractivity contribution in [2.75, 3.05) is 6.16 Å². The van der Waals surface area contributed by atoms with Gasteiger partial charge in [0.2, 0.25) is 0 Å². The summed E-state index contributed by atoms with van der Waals surface area (Å²) < 4.78 is 10.5. The molecule has 1 rings (SSSR count). The van der Waals surface area contributed by atoms with Crippen LogP contribution in [0.1, 0.15) is 5.69 Å². The highest BCUT2D eigenvalue weighted by Crippen LogP contribution is 2.34. The van der Waals surface area contributed by atoms with Gasteiger partial charge in [0.05, 0.1) is 6.16 Å². The average Bonchev–Trinajstić information content (AvgIpc) is 2.02. The Morgan fingerprint density at radius 2 is 2.17 bits per heavy atom. The minimum atomic E-state index is -3.87. The fourth-order valence-electron chi connectivity index (χ4n) is 0.806. The molecule has 12 heavy (non-hydrogen) atoms. The van der Waals surface area contributed by atoms with Crippen LogP contribution in [0.25, 0.3) is 0 Å². The van der Waals surface area contributed by atoms with Gasteiger partial charge in [-0.2, -0.15) is 0 Å². The summed E-state index contributed by atoms with van der Waals surface area (Å²) in [5.74, 6) is 0. The molecule has 1 aromatic rings. The number of hydrogen-bond donors (Lipinski definition) is 2. The maximum Gasteiger partial charge on any atom is 0.325 e. The number of hydrogen-bond acceptors (Lipinski definition) is 2. The van der Waals surface area contributed by atoms with Crippen LogP contribution in [0.4, 0.5) is 0 Å². The molecule has 0 bridgehead atoms. The molecule has 1 aromatic heterocycles. The van der Waals surface area contributed by atoms with Crippen LogP contribution in [-0.4, -0.2) is 20.9 Å². The maximum atomic E-state index is 10.5. The molecule has 1 heterocycles. The molecule has 2 N–H and O–H groups in total. The van der Waals surface area contributed by atoms with E-state index in [0.717, 1.165) is 0 Å². The highest BCUT2D eigenvalue weighted by atomic mass is 31.2. The van der Waals surface area contributed by atoms with E-state index in [0.29, 0.717) is 12.1 Å². The van der Waals surface area contributed by atoms with Crippen molar-refractivity contribution in [2.45, 2.75) is 6.42 Å². The van der Waals surface area contributed by atoms with Crippen LogP contribution < -0.4 is 0 Å². The number of aromatic nitrogens is 1. The van der Waals surface area contributed by atoms with Crippen molar-refractivity contribution in [1.82, 2.24) is 4.98 Å². The van der Waals surface area contributed by atoms with Crippen LogP contribution in [0.2, 0.25) is 0 Å². The molecule has 0 fully saturated rings. The Morgan fingerprint density at radius 1 is 1.42 bits per heavy atom. The van der Waals surface area contributed by atoms with E-state index in [1.54, 1.807) is 24.4 Å². The lowest BCUT2D eigenvalue weighted by Gasteiger charge is -2.01. The molecule has 0 amide bonds. The van der Waals surface area contributed by atoms with Gasteiger partial charge in [0, 0.05) is 18.3 Å².